The lowest BCUT2D eigenvalue weighted by molar-refractivity contribution is -0.133. The summed E-state index contributed by atoms with van der Waals surface area (Å²) in [6.07, 6.45) is 14.4. The molecular weight excluding hydrogens is 457 g/mol. The standard InChI is InChI=1S/C20H24IN3OS/c1-4-6-17(15-7-5-9-20(2,21)10-8-15)24(3)19(25)16(14-22)13-18-23-11-12-26-18/h5,7-12,16-17H,4,6,13H2,1-3H3. The lowest BCUT2D eigenvalue weighted by atomic mass is 9.97. The number of amides is 1. The predicted octanol–water partition coefficient (Wildman–Crippen LogP) is 4.70. The Morgan fingerprint density at radius 3 is 2.88 bits per heavy atom. The van der Waals surface area contributed by atoms with Crippen LogP contribution in [0.15, 0.2) is 47.5 Å². The van der Waals surface area contributed by atoms with Gasteiger partial charge in [0.25, 0.3) is 0 Å². The van der Waals surface area contributed by atoms with E-state index in [1.54, 1.807) is 18.1 Å². The number of alkyl halides is 1. The van der Waals surface area contributed by atoms with Crippen LogP contribution in [0, 0.1) is 17.2 Å². The van der Waals surface area contributed by atoms with E-state index in [0.717, 1.165) is 23.4 Å². The Morgan fingerprint density at radius 2 is 2.27 bits per heavy atom. The second-order valence-corrected chi connectivity index (χ2v) is 9.88. The number of hydrogen-bond acceptors (Lipinski definition) is 4. The highest BCUT2D eigenvalue weighted by molar-refractivity contribution is 14.1. The molecule has 0 aromatic carbocycles. The molecule has 26 heavy (non-hydrogen) atoms. The lowest BCUT2D eigenvalue weighted by Crippen LogP contribution is -2.41. The van der Waals surface area contributed by atoms with Gasteiger partial charge in [0, 0.05) is 25.0 Å². The zero-order chi connectivity index (χ0) is 19.2. The summed E-state index contributed by atoms with van der Waals surface area (Å²) in [5.74, 6) is -0.841. The predicted molar refractivity (Wildman–Crippen MR) is 115 cm³/mol. The molecule has 2 rings (SSSR count). The first-order valence-electron chi connectivity index (χ1n) is 8.70. The van der Waals surface area contributed by atoms with Crippen LogP contribution in [0.2, 0.25) is 0 Å². The first-order valence-corrected chi connectivity index (χ1v) is 10.7. The van der Waals surface area contributed by atoms with Crippen LogP contribution in [0.1, 0.15) is 31.7 Å². The largest absolute Gasteiger partial charge is 0.338 e. The maximum Gasteiger partial charge on any atom is 0.240 e. The molecule has 0 saturated carbocycles. The molecule has 1 heterocycles. The van der Waals surface area contributed by atoms with E-state index < -0.39 is 5.92 Å². The number of hydrogen-bond donors (Lipinski definition) is 0. The van der Waals surface area contributed by atoms with Gasteiger partial charge in [-0.15, -0.1) is 11.3 Å². The average molecular weight is 481 g/mol. The second kappa shape index (κ2) is 9.47. The fourth-order valence-electron chi connectivity index (χ4n) is 2.91. The van der Waals surface area contributed by atoms with Crippen LogP contribution in [0.5, 0.6) is 0 Å². The number of aromatic nitrogens is 1. The number of thiazole rings is 1. The molecule has 0 bridgehead atoms. The van der Waals surface area contributed by atoms with Gasteiger partial charge < -0.3 is 4.90 Å². The summed E-state index contributed by atoms with van der Waals surface area (Å²) in [6, 6.07) is 2.13. The Bertz CT molecular complexity index is 744. The van der Waals surface area contributed by atoms with Crippen molar-refractivity contribution in [1.29, 1.82) is 5.26 Å². The highest BCUT2D eigenvalue weighted by Crippen LogP contribution is 2.28. The lowest BCUT2D eigenvalue weighted by Gasteiger charge is -2.30. The van der Waals surface area contributed by atoms with Gasteiger partial charge in [-0.25, -0.2) is 4.98 Å². The topological polar surface area (TPSA) is 57.0 Å². The van der Waals surface area contributed by atoms with E-state index in [2.05, 4.69) is 77.9 Å². The number of rotatable bonds is 7. The van der Waals surface area contributed by atoms with Crippen LogP contribution in [0.3, 0.4) is 0 Å². The third-order valence-electron chi connectivity index (χ3n) is 4.39. The van der Waals surface area contributed by atoms with E-state index in [-0.39, 0.29) is 15.4 Å². The second-order valence-electron chi connectivity index (χ2n) is 6.58. The maximum absolute atomic E-state index is 13.0. The van der Waals surface area contributed by atoms with Crippen molar-refractivity contribution in [3.8, 4) is 6.07 Å². The average Bonchev–Trinajstić information content (AvgIpc) is 3.06. The number of nitrogens with zero attached hydrogens (tertiary/aromatic N) is 3. The first-order chi connectivity index (χ1) is 12.4. The maximum atomic E-state index is 13.0. The van der Waals surface area contributed by atoms with Gasteiger partial charge in [0.05, 0.1) is 20.5 Å². The summed E-state index contributed by atoms with van der Waals surface area (Å²) in [6.45, 7) is 4.25. The van der Waals surface area contributed by atoms with Crippen molar-refractivity contribution in [3.63, 3.8) is 0 Å². The molecule has 4 nitrogen and oxygen atoms in total. The normalized spacial score (nSPS) is 21.4. The summed E-state index contributed by atoms with van der Waals surface area (Å²) in [5.41, 5.74) is 1.10. The van der Waals surface area contributed by atoms with Crippen LogP contribution < -0.4 is 0 Å². The Labute approximate surface area is 173 Å². The monoisotopic (exact) mass is 481 g/mol. The third kappa shape index (κ3) is 5.52. The fourth-order valence-corrected chi connectivity index (χ4v) is 3.96. The molecular formula is C20H24IN3OS. The van der Waals surface area contributed by atoms with Gasteiger partial charge >= 0.3 is 0 Å². The quantitative estimate of drug-likeness (QED) is 0.419. The van der Waals surface area contributed by atoms with Gasteiger partial charge in [0.15, 0.2) is 0 Å². The molecule has 3 unspecified atom stereocenters. The minimum atomic E-state index is -0.703. The third-order valence-corrected chi connectivity index (χ3v) is 5.91. The smallest absolute Gasteiger partial charge is 0.240 e. The van der Waals surface area contributed by atoms with Crippen molar-refractivity contribution >= 4 is 39.8 Å². The fraction of sp³-hybridized carbons (Fsp3) is 0.450. The Morgan fingerprint density at radius 1 is 1.50 bits per heavy atom. The summed E-state index contributed by atoms with van der Waals surface area (Å²) in [7, 11) is 1.81. The number of allylic oxidation sites excluding steroid dienone is 4. The summed E-state index contributed by atoms with van der Waals surface area (Å²) >= 11 is 3.87. The van der Waals surface area contributed by atoms with Crippen molar-refractivity contribution in [2.24, 2.45) is 5.92 Å². The van der Waals surface area contributed by atoms with E-state index in [4.69, 9.17) is 0 Å². The van der Waals surface area contributed by atoms with Crippen LogP contribution in [-0.4, -0.2) is 32.3 Å². The molecule has 6 heteroatoms. The van der Waals surface area contributed by atoms with Crippen molar-refractivity contribution in [1.82, 2.24) is 9.88 Å². The van der Waals surface area contributed by atoms with Crippen LogP contribution >= 0.6 is 33.9 Å². The van der Waals surface area contributed by atoms with Crippen molar-refractivity contribution in [2.45, 2.75) is 42.6 Å². The van der Waals surface area contributed by atoms with Gasteiger partial charge in [0.2, 0.25) is 5.91 Å². The molecule has 0 N–H and O–H groups in total. The minimum absolute atomic E-state index is 0.0324. The molecule has 138 valence electrons. The number of carbonyl (C=O) groups is 1. The zero-order valence-electron chi connectivity index (χ0n) is 15.4. The molecule has 1 aromatic rings. The molecule has 0 radical (unpaired) electrons. The molecule has 3 atom stereocenters. The highest BCUT2D eigenvalue weighted by Gasteiger charge is 2.29. The number of carbonyl (C=O) groups excluding carboxylic acids is 1. The summed E-state index contributed by atoms with van der Waals surface area (Å²) in [4.78, 5) is 18.9. The van der Waals surface area contributed by atoms with E-state index in [1.807, 2.05) is 5.38 Å². The molecule has 1 amide bonds. The molecule has 1 aliphatic carbocycles. The number of halogens is 1. The Kier molecular flexibility index (Phi) is 7.59. The Balaban J connectivity index is 2.20. The van der Waals surface area contributed by atoms with E-state index >= 15 is 0 Å². The van der Waals surface area contributed by atoms with Crippen molar-refractivity contribution in [2.75, 3.05) is 7.05 Å². The van der Waals surface area contributed by atoms with Crippen LogP contribution in [0.4, 0.5) is 0 Å². The zero-order valence-corrected chi connectivity index (χ0v) is 18.3. The molecule has 0 aliphatic heterocycles. The van der Waals surface area contributed by atoms with Gasteiger partial charge in [-0.1, -0.05) is 66.3 Å². The van der Waals surface area contributed by atoms with Crippen molar-refractivity contribution in [3.05, 3.63) is 52.5 Å². The van der Waals surface area contributed by atoms with Gasteiger partial charge in [0.1, 0.15) is 5.92 Å². The van der Waals surface area contributed by atoms with Crippen molar-refractivity contribution < 1.29 is 4.79 Å². The highest BCUT2D eigenvalue weighted by atomic mass is 127. The molecule has 1 aliphatic rings. The molecule has 0 spiro atoms. The minimum Gasteiger partial charge on any atom is -0.338 e. The van der Waals surface area contributed by atoms with Gasteiger partial charge in [-0.3, -0.25) is 4.79 Å². The number of likely N-dealkylation sites (N-methyl/N-ethyl adjacent to an activating group) is 1. The summed E-state index contributed by atoms with van der Waals surface area (Å²) < 4.78 is -0.0324. The van der Waals surface area contributed by atoms with Crippen LogP contribution in [-0.2, 0) is 11.2 Å². The first kappa shape index (κ1) is 20.8. The SMILES string of the molecule is CCCC(C1=CC=CC(C)(I)C=C1)N(C)C(=O)C(C#N)Cc1nccs1. The van der Waals surface area contributed by atoms with Gasteiger partial charge in [-0.05, 0) is 18.9 Å². The molecule has 0 saturated heterocycles. The summed E-state index contributed by atoms with van der Waals surface area (Å²) in [5, 5.41) is 12.2. The molecule has 1 aromatic heterocycles. The van der Waals surface area contributed by atoms with E-state index in [0.29, 0.717) is 6.42 Å². The van der Waals surface area contributed by atoms with Gasteiger partial charge in [-0.2, -0.15) is 5.26 Å². The molecule has 0 fully saturated rings. The van der Waals surface area contributed by atoms with E-state index in [1.165, 1.54) is 11.3 Å². The van der Waals surface area contributed by atoms with E-state index in [9.17, 15) is 10.1 Å². The number of nitriles is 1. The Hall–Kier alpha value is -1.46. The van der Waals surface area contributed by atoms with Crippen LogP contribution in [0.25, 0.3) is 0 Å².